The molecule has 0 aromatic heterocycles. The van der Waals surface area contributed by atoms with Crippen LogP contribution >= 0.6 is 0 Å². The molecule has 0 aliphatic heterocycles. The molecule has 2 aromatic carbocycles. The first kappa shape index (κ1) is 18.3. The normalized spacial score (nSPS) is 13.4. The third-order valence-electron chi connectivity index (χ3n) is 4.45. The first-order chi connectivity index (χ1) is 13.0. The van der Waals surface area contributed by atoms with Gasteiger partial charge in [0, 0.05) is 5.92 Å². The summed E-state index contributed by atoms with van der Waals surface area (Å²) in [5.41, 5.74) is 3.80. The summed E-state index contributed by atoms with van der Waals surface area (Å²) in [6, 6.07) is 13.1. The number of hydrogen-bond acceptors (Lipinski definition) is 6. The van der Waals surface area contributed by atoms with Crippen LogP contribution in [0.2, 0.25) is 0 Å². The summed E-state index contributed by atoms with van der Waals surface area (Å²) < 4.78 is 5.07. The zero-order valence-corrected chi connectivity index (χ0v) is 14.0. The molecule has 9 nitrogen and oxygen atoms in total. The first-order valence-corrected chi connectivity index (χ1v) is 8.08. The van der Waals surface area contributed by atoms with E-state index in [4.69, 9.17) is 14.9 Å². The van der Waals surface area contributed by atoms with Crippen LogP contribution in [0.4, 0.5) is 4.79 Å². The van der Waals surface area contributed by atoms with E-state index in [1.54, 1.807) is 0 Å². The number of carbonyl (C=O) groups excluding carboxylic acids is 1. The number of amides is 1. The number of carbonyl (C=O) groups is 2. The first-order valence-electron chi connectivity index (χ1n) is 8.08. The van der Waals surface area contributed by atoms with Crippen molar-refractivity contribution < 1.29 is 29.6 Å². The SMILES string of the molecule is O=C(O)[C@H](CO)N(C(=O)OCC1c2ccccc2-c2ccccc21)[N+](=O)[O-]. The molecule has 27 heavy (non-hydrogen) atoms. The van der Waals surface area contributed by atoms with Crippen molar-refractivity contribution in [1.82, 2.24) is 5.01 Å². The largest absolute Gasteiger partial charge is 0.479 e. The van der Waals surface area contributed by atoms with E-state index in [9.17, 15) is 19.7 Å². The van der Waals surface area contributed by atoms with E-state index in [-0.39, 0.29) is 17.5 Å². The molecule has 1 aliphatic rings. The molecule has 0 saturated heterocycles. The van der Waals surface area contributed by atoms with E-state index < -0.39 is 29.7 Å². The maximum Gasteiger partial charge on any atom is 0.469 e. The Labute approximate surface area is 153 Å². The molecule has 0 bridgehead atoms. The van der Waals surface area contributed by atoms with E-state index in [2.05, 4.69) is 0 Å². The number of aliphatic carboxylic acids is 1. The Bertz CT molecular complexity index is 853. The summed E-state index contributed by atoms with van der Waals surface area (Å²) in [6.07, 6.45) is -1.44. The highest BCUT2D eigenvalue weighted by molar-refractivity contribution is 5.80. The standard InChI is InChI=1S/C18H16N2O7/c21-9-16(17(22)23)19(20(25)26)18(24)27-10-15-13-7-3-1-5-11(13)12-6-2-4-8-14(12)15/h1-8,15-16,21H,9-10H2,(H,22,23)/t16-/m0/s1. The molecular weight excluding hydrogens is 356 g/mol. The number of nitro groups is 1. The number of rotatable bonds is 6. The molecule has 140 valence electrons. The van der Waals surface area contributed by atoms with Gasteiger partial charge in [-0.2, -0.15) is 0 Å². The second-order valence-electron chi connectivity index (χ2n) is 5.92. The Morgan fingerprint density at radius 2 is 1.63 bits per heavy atom. The fourth-order valence-corrected chi connectivity index (χ4v) is 3.23. The van der Waals surface area contributed by atoms with Crippen LogP contribution in [0.1, 0.15) is 17.0 Å². The molecule has 0 unspecified atom stereocenters. The number of carboxylic acid groups (broad SMARTS) is 1. The van der Waals surface area contributed by atoms with Gasteiger partial charge in [0.05, 0.1) is 6.61 Å². The minimum Gasteiger partial charge on any atom is -0.479 e. The number of benzene rings is 2. The predicted octanol–water partition coefficient (Wildman–Crippen LogP) is 1.87. The molecule has 0 heterocycles. The fourth-order valence-electron chi connectivity index (χ4n) is 3.23. The molecule has 2 N–H and O–H groups in total. The lowest BCUT2D eigenvalue weighted by Crippen LogP contribution is -2.50. The molecule has 9 heteroatoms. The summed E-state index contributed by atoms with van der Waals surface area (Å²) in [6.45, 7) is -1.31. The van der Waals surface area contributed by atoms with E-state index in [0.717, 1.165) is 22.3 Å². The number of fused-ring (bicyclic) bond motifs is 3. The van der Waals surface area contributed by atoms with E-state index >= 15 is 0 Å². The molecule has 0 fully saturated rings. The van der Waals surface area contributed by atoms with Crippen LogP contribution in [0.25, 0.3) is 11.1 Å². The van der Waals surface area contributed by atoms with Crippen molar-refractivity contribution in [1.29, 1.82) is 0 Å². The minimum absolute atomic E-state index is 0.199. The van der Waals surface area contributed by atoms with Gasteiger partial charge in [-0.3, -0.25) is 0 Å². The summed E-state index contributed by atoms with van der Waals surface area (Å²) in [7, 11) is 0. The zero-order valence-electron chi connectivity index (χ0n) is 14.0. The van der Waals surface area contributed by atoms with Gasteiger partial charge in [0.25, 0.3) is 0 Å². The Morgan fingerprint density at radius 3 is 2.07 bits per heavy atom. The van der Waals surface area contributed by atoms with Crippen molar-refractivity contribution in [3.05, 3.63) is 69.8 Å². The average molecular weight is 372 g/mol. The highest BCUT2D eigenvalue weighted by Crippen LogP contribution is 2.44. The number of aliphatic hydroxyl groups excluding tert-OH is 1. The molecule has 0 saturated carbocycles. The molecular formula is C18H16N2O7. The maximum atomic E-state index is 12.2. The number of hydrogen-bond donors (Lipinski definition) is 2. The van der Waals surface area contributed by atoms with Gasteiger partial charge in [-0.1, -0.05) is 48.5 Å². The molecule has 1 atom stereocenters. The quantitative estimate of drug-likeness (QED) is 0.585. The number of nitrogens with zero attached hydrogens (tertiary/aromatic N) is 2. The number of carboxylic acids is 1. The van der Waals surface area contributed by atoms with E-state index in [1.807, 2.05) is 48.5 Å². The third kappa shape index (κ3) is 3.32. The van der Waals surface area contributed by atoms with Gasteiger partial charge in [-0.15, -0.1) is 0 Å². The van der Waals surface area contributed by atoms with E-state index in [0.29, 0.717) is 0 Å². The van der Waals surface area contributed by atoms with Crippen LogP contribution in [0.5, 0.6) is 0 Å². The smallest absolute Gasteiger partial charge is 0.469 e. The van der Waals surface area contributed by atoms with Gasteiger partial charge in [0.2, 0.25) is 6.04 Å². The van der Waals surface area contributed by atoms with Crippen LogP contribution in [-0.2, 0) is 9.53 Å². The highest BCUT2D eigenvalue weighted by Gasteiger charge is 2.41. The Hall–Kier alpha value is -3.46. The lowest BCUT2D eigenvalue weighted by atomic mass is 9.98. The summed E-state index contributed by atoms with van der Waals surface area (Å²) >= 11 is 0. The number of ether oxygens (including phenoxy) is 1. The van der Waals surface area contributed by atoms with Crippen molar-refractivity contribution in [3.8, 4) is 11.1 Å². The van der Waals surface area contributed by atoms with Crippen LogP contribution in [-0.4, -0.2) is 51.6 Å². The molecule has 1 aliphatic carbocycles. The number of aliphatic hydroxyl groups is 1. The third-order valence-corrected chi connectivity index (χ3v) is 4.45. The van der Waals surface area contributed by atoms with Gasteiger partial charge in [-0.25, -0.2) is 19.7 Å². The average Bonchev–Trinajstić information content (AvgIpc) is 2.97. The van der Waals surface area contributed by atoms with Crippen LogP contribution in [0.15, 0.2) is 48.5 Å². The van der Waals surface area contributed by atoms with Crippen molar-refractivity contribution in [2.45, 2.75) is 12.0 Å². The van der Waals surface area contributed by atoms with Crippen molar-refractivity contribution in [3.63, 3.8) is 0 Å². The fraction of sp³-hybridized carbons (Fsp3) is 0.222. The van der Waals surface area contributed by atoms with Crippen LogP contribution in [0, 0.1) is 10.1 Å². The Kier molecular flexibility index (Phi) is 5.04. The molecule has 1 amide bonds. The Balaban J connectivity index is 1.83. The summed E-state index contributed by atoms with van der Waals surface area (Å²) in [5, 5.41) is 27.7. The lowest BCUT2D eigenvalue weighted by Gasteiger charge is -2.19. The summed E-state index contributed by atoms with van der Waals surface area (Å²) in [4.78, 5) is 34.3. The second kappa shape index (κ2) is 7.42. The summed E-state index contributed by atoms with van der Waals surface area (Å²) in [5.74, 6) is -2.03. The van der Waals surface area contributed by atoms with Gasteiger partial charge in [0.15, 0.2) is 5.03 Å². The van der Waals surface area contributed by atoms with Crippen LogP contribution < -0.4 is 0 Å². The maximum absolute atomic E-state index is 12.2. The monoisotopic (exact) mass is 372 g/mol. The molecule has 2 aromatic rings. The van der Waals surface area contributed by atoms with Crippen molar-refractivity contribution in [2.75, 3.05) is 13.2 Å². The molecule has 0 spiro atoms. The molecule has 3 rings (SSSR count). The topological polar surface area (TPSA) is 130 Å². The van der Waals surface area contributed by atoms with E-state index in [1.165, 1.54) is 0 Å². The zero-order chi connectivity index (χ0) is 19.6. The Morgan fingerprint density at radius 1 is 1.11 bits per heavy atom. The number of hydrazine groups is 1. The van der Waals surface area contributed by atoms with Gasteiger partial charge >= 0.3 is 12.1 Å². The van der Waals surface area contributed by atoms with Crippen LogP contribution in [0.3, 0.4) is 0 Å². The molecule has 0 radical (unpaired) electrons. The van der Waals surface area contributed by atoms with Crippen molar-refractivity contribution in [2.24, 2.45) is 0 Å². The van der Waals surface area contributed by atoms with Gasteiger partial charge in [0.1, 0.15) is 6.61 Å². The predicted molar refractivity (Wildman–Crippen MR) is 92.4 cm³/mol. The minimum atomic E-state index is -2.03. The second-order valence-corrected chi connectivity index (χ2v) is 5.92. The highest BCUT2D eigenvalue weighted by atomic mass is 16.7. The van der Waals surface area contributed by atoms with Gasteiger partial charge < -0.3 is 14.9 Å². The van der Waals surface area contributed by atoms with Gasteiger partial charge in [-0.05, 0) is 27.3 Å². The lowest BCUT2D eigenvalue weighted by molar-refractivity contribution is -0.641. The van der Waals surface area contributed by atoms with Crippen molar-refractivity contribution >= 4 is 12.1 Å².